The van der Waals surface area contributed by atoms with E-state index in [1.54, 1.807) is 6.92 Å². The molecule has 0 unspecified atom stereocenters. The van der Waals surface area contributed by atoms with Gasteiger partial charge in [-0.2, -0.15) is 10.5 Å². The number of carboxylic acids is 1. The molecule has 3 N–H and O–H groups in total. The molecular weight excluding hydrogens is 326 g/mol. The minimum atomic E-state index is -0.646. The van der Waals surface area contributed by atoms with Crippen molar-refractivity contribution in [3.63, 3.8) is 0 Å². The summed E-state index contributed by atoms with van der Waals surface area (Å²) in [6.45, 7) is 5.59. The zero-order valence-corrected chi connectivity index (χ0v) is 19.9. The van der Waals surface area contributed by atoms with Crippen LogP contribution in [0.4, 0.5) is 0 Å². The molecule has 0 aromatic carbocycles. The smallest absolute Gasteiger partial charge is 0.870 e. The van der Waals surface area contributed by atoms with E-state index in [0.717, 1.165) is 25.7 Å². The van der Waals surface area contributed by atoms with Gasteiger partial charge in [0.2, 0.25) is 0 Å². The Morgan fingerprint density at radius 3 is 1.43 bits per heavy atom. The first kappa shape index (κ1) is 34.1. The third-order valence-corrected chi connectivity index (χ3v) is 2.94. The van der Waals surface area contributed by atoms with Crippen molar-refractivity contribution in [2.45, 2.75) is 52.9 Å². The molecule has 2 aliphatic rings. The summed E-state index contributed by atoms with van der Waals surface area (Å²) in [5.41, 5.74) is -0.236. The van der Waals surface area contributed by atoms with Gasteiger partial charge >= 0.3 is 109 Å². The van der Waals surface area contributed by atoms with Crippen LogP contribution in [0, 0.1) is 33.5 Å². The maximum absolute atomic E-state index is 10.1. The zero-order valence-electron chi connectivity index (χ0n) is 13.7. The third kappa shape index (κ3) is 17.8. The second-order valence-electron chi connectivity index (χ2n) is 5.05. The van der Waals surface area contributed by atoms with E-state index < -0.39 is 5.97 Å². The number of carbonyl (C=O) groups is 1. The van der Waals surface area contributed by atoms with Gasteiger partial charge in [-0.1, -0.05) is 6.92 Å². The van der Waals surface area contributed by atoms with Crippen LogP contribution >= 0.6 is 0 Å². The zero-order chi connectivity index (χ0) is 13.5. The molecule has 8 heteroatoms. The largest absolute Gasteiger partial charge is 1.00 e. The second kappa shape index (κ2) is 16.5. The monoisotopic (exact) mass is 348 g/mol. The second-order valence-corrected chi connectivity index (χ2v) is 5.05. The molecule has 21 heavy (non-hydrogen) atoms. The minimum absolute atomic E-state index is 0. The molecule has 0 amide bonds. The Morgan fingerprint density at radius 1 is 1.10 bits per heavy atom. The number of hydrogen-bond donors (Lipinski definition) is 1. The summed E-state index contributed by atoms with van der Waals surface area (Å²) >= 11 is 0. The molecule has 0 aromatic rings. The van der Waals surface area contributed by atoms with Crippen molar-refractivity contribution in [3.05, 3.63) is 0 Å². The topological polar surface area (TPSA) is 145 Å². The number of rotatable bonds is 1. The number of carboxylic acid groups (broad SMARTS) is 1. The van der Waals surface area contributed by atoms with Crippen molar-refractivity contribution < 1.29 is 124 Å². The standard InChI is InChI=1S/C5H7N.C5H8O2.C3H5N.2K.2H2O/c1-5(4-6)2-3-5;1-5(2-3-5)4(6)7;1-2-3-4;;;;/h2-3H2,1H3;2-3H2,1H3,(H,6,7);2H2,1H3;;;2*1H2/q;;;2*+1;;/p-2. The summed E-state index contributed by atoms with van der Waals surface area (Å²) in [5.74, 6) is -0.646. The number of hydrogen-bond acceptors (Lipinski definition) is 5. The first-order chi connectivity index (χ1) is 7.83. The van der Waals surface area contributed by atoms with Crippen LogP contribution in [0.5, 0.6) is 0 Å². The van der Waals surface area contributed by atoms with Gasteiger partial charge in [0, 0.05) is 6.42 Å². The van der Waals surface area contributed by atoms with E-state index in [9.17, 15) is 4.79 Å². The van der Waals surface area contributed by atoms with Crippen molar-refractivity contribution >= 4 is 5.97 Å². The fraction of sp³-hybridized carbons (Fsp3) is 0.769. The van der Waals surface area contributed by atoms with Gasteiger partial charge < -0.3 is 16.1 Å². The Bertz CT molecular complexity index is 356. The molecule has 0 aromatic heterocycles. The van der Waals surface area contributed by atoms with E-state index in [-0.39, 0.29) is 125 Å². The molecule has 2 aliphatic carbocycles. The average molecular weight is 349 g/mol. The van der Waals surface area contributed by atoms with E-state index in [1.165, 1.54) is 0 Å². The van der Waals surface area contributed by atoms with Crippen LogP contribution in [0.1, 0.15) is 52.9 Å². The summed E-state index contributed by atoms with van der Waals surface area (Å²) in [6.07, 6.45) is 4.58. The van der Waals surface area contributed by atoms with E-state index >= 15 is 0 Å². The molecule has 0 saturated heterocycles. The average Bonchev–Trinajstić information content (AvgIpc) is 3.21. The van der Waals surface area contributed by atoms with E-state index in [1.807, 2.05) is 19.9 Å². The fourth-order valence-electron chi connectivity index (χ4n) is 0.701. The van der Waals surface area contributed by atoms with Gasteiger partial charge in [-0.15, -0.1) is 0 Å². The molecule has 0 radical (unpaired) electrons. The van der Waals surface area contributed by atoms with E-state index in [2.05, 4.69) is 6.07 Å². The summed E-state index contributed by atoms with van der Waals surface area (Å²) in [6, 6.07) is 4.15. The Hall–Kier alpha value is 1.64. The van der Waals surface area contributed by atoms with Crippen molar-refractivity contribution in [1.82, 2.24) is 0 Å². The van der Waals surface area contributed by atoms with Gasteiger partial charge in [0.05, 0.1) is 23.0 Å². The maximum Gasteiger partial charge on any atom is 1.00 e. The molecule has 0 atom stereocenters. The molecule has 0 aliphatic heterocycles. The fourth-order valence-corrected chi connectivity index (χ4v) is 0.701. The summed E-state index contributed by atoms with van der Waals surface area (Å²) in [5, 5.41) is 24.2. The van der Waals surface area contributed by atoms with Gasteiger partial charge in [-0.25, -0.2) is 0 Å². The SMILES string of the molecule is CC1(C#N)CC1.CC1(C(=O)O)CC1.CCC#N.[K+].[K+].[OH-].[OH-]. The number of nitrogens with zero attached hydrogens (tertiary/aromatic N) is 2. The molecule has 0 heterocycles. The molecule has 2 rings (SSSR count). The first-order valence-electron chi connectivity index (χ1n) is 5.85. The molecule has 2 saturated carbocycles. The predicted molar refractivity (Wildman–Crippen MR) is 67.7 cm³/mol. The van der Waals surface area contributed by atoms with Crippen LogP contribution in [0.2, 0.25) is 0 Å². The van der Waals surface area contributed by atoms with Crippen LogP contribution in [-0.2, 0) is 4.79 Å². The molecule has 0 bridgehead atoms. The minimum Gasteiger partial charge on any atom is -0.870 e. The normalized spacial score (nSPS) is 16.2. The van der Waals surface area contributed by atoms with Gasteiger partial charge in [0.25, 0.3) is 0 Å². The Morgan fingerprint density at radius 2 is 1.43 bits per heavy atom. The van der Waals surface area contributed by atoms with Gasteiger partial charge in [0.1, 0.15) is 0 Å². The van der Waals surface area contributed by atoms with Crippen molar-refractivity contribution in [3.8, 4) is 12.1 Å². The number of nitriles is 2. The summed E-state index contributed by atoms with van der Waals surface area (Å²) < 4.78 is 0. The van der Waals surface area contributed by atoms with Gasteiger partial charge in [-0.3, -0.25) is 4.79 Å². The first-order valence-corrected chi connectivity index (χ1v) is 5.85. The maximum atomic E-state index is 10.1. The van der Waals surface area contributed by atoms with E-state index in [0.29, 0.717) is 6.42 Å². The third-order valence-electron chi connectivity index (χ3n) is 2.94. The molecule has 2 fully saturated rings. The van der Waals surface area contributed by atoms with Gasteiger partial charge in [0.15, 0.2) is 0 Å². The van der Waals surface area contributed by atoms with Crippen LogP contribution < -0.4 is 103 Å². The van der Waals surface area contributed by atoms with Gasteiger partial charge in [-0.05, 0) is 39.5 Å². The Labute approximate surface area is 212 Å². The molecule has 110 valence electrons. The van der Waals surface area contributed by atoms with Crippen LogP contribution in [0.15, 0.2) is 0 Å². The quantitative estimate of drug-likeness (QED) is 0.493. The predicted octanol–water partition coefficient (Wildman–Crippen LogP) is -3.24. The Balaban J connectivity index is -0.0000000574. The molecule has 0 spiro atoms. The van der Waals surface area contributed by atoms with Crippen molar-refractivity contribution in [1.29, 1.82) is 10.5 Å². The number of aliphatic carboxylic acids is 1. The van der Waals surface area contributed by atoms with Crippen LogP contribution in [-0.4, -0.2) is 22.0 Å². The van der Waals surface area contributed by atoms with Crippen molar-refractivity contribution in [2.24, 2.45) is 10.8 Å². The summed E-state index contributed by atoms with van der Waals surface area (Å²) in [7, 11) is 0. The van der Waals surface area contributed by atoms with Crippen LogP contribution in [0.3, 0.4) is 0 Å². The van der Waals surface area contributed by atoms with Crippen LogP contribution in [0.25, 0.3) is 0 Å². The molecule has 6 nitrogen and oxygen atoms in total. The summed E-state index contributed by atoms with van der Waals surface area (Å²) in [4.78, 5) is 10.1. The molecular formula is C13H22K2N2O4. The van der Waals surface area contributed by atoms with E-state index in [4.69, 9.17) is 15.6 Å². The Kier molecular flexibility index (Phi) is 26.8. The van der Waals surface area contributed by atoms with Crippen molar-refractivity contribution in [2.75, 3.05) is 0 Å².